The Hall–Kier alpha value is -1.22. The molecule has 3 nitrogen and oxygen atoms in total. The van der Waals surface area contributed by atoms with Crippen LogP contribution in [0.25, 0.3) is 0 Å². The molecule has 2 rings (SSSR count). The lowest BCUT2D eigenvalue weighted by atomic mass is 9.98. The van der Waals surface area contributed by atoms with E-state index in [-0.39, 0.29) is 0 Å². The fourth-order valence-corrected chi connectivity index (χ4v) is 3.17. The molecule has 20 heavy (non-hydrogen) atoms. The molecule has 2 N–H and O–H groups in total. The first-order chi connectivity index (χ1) is 9.61. The summed E-state index contributed by atoms with van der Waals surface area (Å²) in [6, 6.07) is 5.42. The zero-order chi connectivity index (χ0) is 14.5. The van der Waals surface area contributed by atoms with Crippen molar-refractivity contribution in [3.63, 3.8) is 0 Å². The zero-order valence-corrected chi connectivity index (χ0v) is 13.3. The van der Waals surface area contributed by atoms with Gasteiger partial charge < -0.3 is 15.4 Å². The second-order valence-electron chi connectivity index (χ2n) is 6.02. The third-order valence-corrected chi connectivity index (χ3v) is 4.26. The van der Waals surface area contributed by atoms with E-state index in [1.807, 2.05) is 0 Å². The number of hydrogen-bond acceptors (Lipinski definition) is 3. The molecule has 3 heteroatoms. The molecule has 1 fully saturated rings. The third kappa shape index (κ3) is 3.66. The quantitative estimate of drug-likeness (QED) is 0.861. The number of methoxy groups -OCH3 is 1. The Bertz CT molecular complexity index is 439. The first-order valence-corrected chi connectivity index (χ1v) is 7.76. The molecule has 1 saturated heterocycles. The van der Waals surface area contributed by atoms with Gasteiger partial charge in [0.25, 0.3) is 0 Å². The molecule has 1 aromatic carbocycles. The predicted octanol–water partition coefficient (Wildman–Crippen LogP) is 3.64. The van der Waals surface area contributed by atoms with Gasteiger partial charge in [0.1, 0.15) is 5.75 Å². The predicted molar refractivity (Wildman–Crippen MR) is 85.8 cm³/mol. The molecule has 2 atom stereocenters. The van der Waals surface area contributed by atoms with Crippen molar-refractivity contribution in [1.29, 1.82) is 0 Å². The van der Waals surface area contributed by atoms with Gasteiger partial charge in [0.2, 0.25) is 0 Å². The van der Waals surface area contributed by atoms with Crippen molar-refractivity contribution in [3.8, 4) is 5.75 Å². The molecule has 0 aromatic heterocycles. The minimum Gasteiger partial charge on any atom is -0.496 e. The van der Waals surface area contributed by atoms with Crippen molar-refractivity contribution in [2.75, 3.05) is 19.0 Å². The second kappa shape index (κ2) is 6.98. The summed E-state index contributed by atoms with van der Waals surface area (Å²) >= 11 is 0. The van der Waals surface area contributed by atoms with Crippen LogP contribution in [0, 0.1) is 13.8 Å². The van der Waals surface area contributed by atoms with Crippen molar-refractivity contribution in [2.24, 2.45) is 0 Å². The van der Waals surface area contributed by atoms with Gasteiger partial charge in [-0.25, -0.2) is 0 Å². The summed E-state index contributed by atoms with van der Waals surface area (Å²) in [7, 11) is 1.74. The molecule has 0 aliphatic carbocycles. The average molecular weight is 276 g/mol. The molecule has 0 radical (unpaired) electrons. The summed E-state index contributed by atoms with van der Waals surface area (Å²) in [6.45, 7) is 7.65. The van der Waals surface area contributed by atoms with Crippen LogP contribution in [0.4, 0.5) is 5.69 Å². The highest BCUT2D eigenvalue weighted by molar-refractivity contribution is 5.60. The lowest BCUT2D eigenvalue weighted by molar-refractivity contribution is 0.371. The Morgan fingerprint density at radius 1 is 1.35 bits per heavy atom. The monoisotopic (exact) mass is 276 g/mol. The highest BCUT2D eigenvalue weighted by atomic mass is 16.5. The van der Waals surface area contributed by atoms with Gasteiger partial charge in [-0.05, 0) is 58.2 Å². The van der Waals surface area contributed by atoms with Crippen LogP contribution in [-0.4, -0.2) is 25.7 Å². The Labute approximate surface area is 123 Å². The van der Waals surface area contributed by atoms with E-state index in [0.29, 0.717) is 12.1 Å². The minimum absolute atomic E-state index is 0.469. The van der Waals surface area contributed by atoms with Crippen molar-refractivity contribution in [3.05, 3.63) is 23.3 Å². The molecule has 1 aliphatic rings. The number of rotatable bonds is 5. The summed E-state index contributed by atoms with van der Waals surface area (Å²) in [5, 5.41) is 7.26. The fraction of sp³-hybridized carbons (Fsp3) is 0.647. The second-order valence-corrected chi connectivity index (χ2v) is 6.02. The smallest absolute Gasteiger partial charge is 0.126 e. The van der Waals surface area contributed by atoms with Crippen molar-refractivity contribution in [2.45, 2.75) is 58.5 Å². The van der Waals surface area contributed by atoms with Crippen LogP contribution in [0.3, 0.4) is 0 Å². The number of ether oxygens (including phenoxy) is 1. The van der Waals surface area contributed by atoms with Gasteiger partial charge in [0.05, 0.1) is 7.11 Å². The Morgan fingerprint density at radius 2 is 2.15 bits per heavy atom. The molecular weight excluding hydrogens is 248 g/mol. The van der Waals surface area contributed by atoms with Crippen molar-refractivity contribution < 1.29 is 4.74 Å². The first-order valence-electron chi connectivity index (χ1n) is 7.76. The molecule has 0 amide bonds. The lowest BCUT2D eigenvalue weighted by Gasteiger charge is -2.27. The number of piperidine rings is 1. The number of nitrogens with one attached hydrogen (secondary N) is 2. The largest absolute Gasteiger partial charge is 0.496 e. The highest BCUT2D eigenvalue weighted by Gasteiger charge is 2.16. The van der Waals surface area contributed by atoms with Gasteiger partial charge in [-0.3, -0.25) is 0 Å². The van der Waals surface area contributed by atoms with Gasteiger partial charge in [0, 0.05) is 23.3 Å². The summed E-state index contributed by atoms with van der Waals surface area (Å²) in [6.07, 6.45) is 5.17. The molecule has 0 bridgehead atoms. The van der Waals surface area contributed by atoms with E-state index in [2.05, 4.69) is 43.5 Å². The zero-order valence-electron chi connectivity index (χ0n) is 13.3. The normalized spacial score (nSPS) is 20.5. The van der Waals surface area contributed by atoms with Gasteiger partial charge in [0.15, 0.2) is 0 Å². The van der Waals surface area contributed by atoms with Crippen LogP contribution < -0.4 is 15.4 Å². The van der Waals surface area contributed by atoms with Crippen LogP contribution >= 0.6 is 0 Å². The van der Waals surface area contributed by atoms with Crippen molar-refractivity contribution in [1.82, 2.24) is 5.32 Å². The van der Waals surface area contributed by atoms with Crippen LogP contribution in [-0.2, 0) is 0 Å². The lowest BCUT2D eigenvalue weighted by Crippen LogP contribution is -2.37. The van der Waals surface area contributed by atoms with Crippen LogP contribution in [0.5, 0.6) is 5.75 Å². The van der Waals surface area contributed by atoms with E-state index in [4.69, 9.17) is 4.74 Å². The van der Waals surface area contributed by atoms with Gasteiger partial charge in [-0.2, -0.15) is 0 Å². The highest BCUT2D eigenvalue weighted by Crippen LogP contribution is 2.30. The Kier molecular flexibility index (Phi) is 5.30. The van der Waals surface area contributed by atoms with Crippen LogP contribution in [0.2, 0.25) is 0 Å². The summed E-state index contributed by atoms with van der Waals surface area (Å²) in [4.78, 5) is 0. The maximum atomic E-state index is 5.50. The molecule has 0 saturated carbocycles. The first kappa shape index (κ1) is 15.2. The van der Waals surface area contributed by atoms with Crippen LogP contribution in [0.1, 0.15) is 43.7 Å². The minimum atomic E-state index is 0.469. The number of benzene rings is 1. The van der Waals surface area contributed by atoms with E-state index in [0.717, 1.165) is 5.75 Å². The molecule has 1 aliphatic heterocycles. The van der Waals surface area contributed by atoms with Crippen molar-refractivity contribution >= 4 is 5.69 Å². The number of aryl methyl sites for hydroxylation is 1. The van der Waals surface area contributed by atoms with E-state index in [9.17, 15) is 0 Å². The molecule has 1 aromatic rings. The van der Waals surface area contributed by atoms with E-state index in [1.54, 1.807) is 7.11 Å². The average Bonchev–Trinajstić information content (AvgIpc) is 2.44. The van der Waals surface area contributed by atoms with E-state index < -0.39 is 0 Å². The summed E-state index contributed by atoms with van der Waals surface area (Å²) < 4.78 is 5.50. The van der Waals surface area contributed by atoms with E-state index >= 15 is 0 Å². The summed E-state index contributed by atoms with van der Waals surface area (Å²) in [5.74, 6) is 0.998. The summed E-state index contributed by atoms with van der Waals surface area (Å²) in [5.41, 5.74) is 3.59. The molecule has 112 valence electrons. The Morgan fingerprint density at radius 3 is 2.80 bits per heavy atom. The maximum Gasteiger partial charge on any atom is 0.126 e. The number of hydrogen-bond donors (Lipinski definition) is 2. The molecule has 2 unspecified atom stereocenters. The van der Waals surface area contributed by atoms with Gasteiger partial charge in [-0.15, -0.1) is 0 Å². The fourth-order valence-electron chi connectivity index (χ4n) is 3.17. The van der Waals surface area contributed by atoms with Gasteiger partial charge in [-0.1, -0.05) is 12.5 Å². The third-order valence-electron chi connectivity index (χ3n) is 4.26. The van der Waals surface area contributed by atoms with E-state index in [1.165, 1.54) is 49.0 Å². The SMILES string of the molecule is COc1c(C)ccc(NC(C)CC2CCCCN2)c1C. The molecule has 0 spiro atoms. The topological polar surface area (TPSA) is 33.3 Å². The van der Waals surface area contributed by atoms with Gasteiger partial charge >= 0.3 is 0 Å². The van der Waals surface area contributed by atoms with Crippen LogP contribution in [0.15, 0.2) is 12.1 Å². The number of anilines is 1. The Balaban J connectivity index is 1.98. The maximum absolute atomic E-state index is 5.50. The molecule has 1 heterocycles. The standard InChI is InChI=1S/C17H28N2O/c1-12-8-9-16(14(3)17(12)20-4)19-13(2)11-15-7-5-6-10-18-15/h8-9,13,15,18-19H,5-7,10-11H2,1-4H3. The molecular formula is C17H28N2O.